The standard InChI is InChI=1S/C32H67N/c1-5-7-9-11-13-15-17-19-21-23-25-27-29-31(32(3,4)33)30-28-26-24-22-20-18-16-14-12-10-8-6-2/h31H,5-30,33H2,1-4H3. The highest BCUT2D eigenvalue weighted by atomic mass is 14.7. The summed E-state index contributed by atoms with van der Waals surface area (Å²) < 4.78 is 0. The zero-order chi connectivity index (χ0) is 24.5. The van der Waals surface area contributed by atoms with Gasteiger partial charge in [-0.3, -0.25) is 0 Å². The maximum absolute atomic E-state index is 6.56. The summed E-state index contributed by atoms with van der Waals surface area (Å²) >= 11 is 0. The molecule has 2 N–H and O–H groups in total. The molecule has 0 aliphatic heterocycles. The average Bonchev–Trinajstić information content (AvgIpc) is 2.78. The fourth-order valence-corrected chi connectivity index (χ4v) is 5.35. The van der Waals surface area contributed by atoms with E-state index in [1.165, 1.54) is 167 Å². The van der Waals surface area contributed by atoms with Crippen molar-refractivity contribution in [3.8, 4) is 0 Å². The predicted molar refractivity (Wildman–Crippen MR) is 153 cm³/mol. The number of hydrogen-bond acceptors (Lipinski definition) is 1. The van der Waals surface area contributed by atoms with Crippen LogP contribution in [0.4, 0.5) is 0 Å². The molecule has 0 bridgehead atoms. The van der Waals surface area contributed by atoms with Crippen LogP contribution in [0.25, 0.3) is 0 Å². The average molecular weight is 466 g/mol. The first-order valence-electron chi connectivity index (χ1n) is 15.8. The molecule has 1 nitrogen and oxygen atoms in total. The van der Waals surface area contributed by atoms with Gasteiger partial charge in [-0.15, -0.1) is 0 Å². The fourth-order valence-electron chi connectivity index (χ4n) is 5.35. The van der Waals surface area contributed by atoms with Crippen LogP contribution in [0.3, 0.4) is 0 Å². The second-order valence-electron chi connectivity index (χ2n) is 11.9. The molecule has 0 saturated heterocycles. The van der Waals surface area contributed by atoms with Gasteiger partial charge in [0, 0.05) is 5.54 Å². The van der Waals surface area contributed by atoms with Crippen molar-refractivity contribution in [1.29, 1.82) is 0 Å². The minimum atomic E-state index is -0.00441. The predicted octanol–water partition coefficient (Wildman–Crippen LogP) is 11.5. The Kier molecular flexibility index (Phi) is 25.0. The van der Waals surface area contributed by atoms with E-state index in [1.54, 1.807) is 0 Å². The molecule has 0 heterocycles. The summed E-state index contributed by atoms with van der Waals surface area (Å²) in [5, 5.41) is 0. The number of unbranched alkanes of at least 4 members (excludes halogenated alkanes) is 22. The van der Waals surface area contributed by atoms with Gasteiger partial charge in [0.2, 0.25) is 0 Å². The highest BCUT2D eigenvalue weighted by molar-refractivity contribution is 4.82. The third kappa shape index (κ3) is 24.9. The van der Waals surface area contributed by atoms with E-state index in [0.717, 1.165) is 0 Å². The van der Waals surface area contributed by atoms with Crippen LogP contribution in [0.1, 0.15) is 195 Å². The van der Waals surface area contributed by atoms with Crippen LogP contribution < -0.4 is 5.73 Å². The number of nitrogens with two attached hydrogens (primary N) is 1. The van der Waals surface area contributed by atoms with Crippen molar-refractivity contribution in [1.82, 2.24) is 0 Å². The molecule has 200 valence electrons. The normalized spacial score (nSPS) is 12.2. The summed E-state index contributed by atoms with van der Waals surface area (Å²) in [6.45, 7) is 9.13. The Bertz CT molecular complexity index is 328. The molecule has 0 aromatic heterocycles. The van der Waals surface area contributed by atoms with Crippen LogP contribution >= 0.6 is 0 Å². The zero-order valence-corrected chi connectivity index (χ0v) is 24.0. The van der Waals surface area contributed by atoms with Gasteiger partial charge < -0.3 is 5.73 Å². The molecule has 1 heteroatoms. The first-order valence-corrected chi connectivity index (χ1v) is 15.8. The van der Waals surface area contributed by atoms with Crippen molar-refractivity contribution in [3.63, 3.8) is 0 Å². The Morgan fingerprint density at radius 2 is 0.606 bits per heavy atom. The van der Waals surface area contributed by atoms with Crippen LogP contribution in [-0.4, -0.2) is 5.54 Å². The van der Waals surface area contributed by atoms with Gasteiger partial charge in [-0.1, -0.05) is 168 Å². The Morgan fingerprint density at radius 1 is 0.394 bits per heavy atom. The Balaban J connectivity index is 3.56. The van der Waals surface area contributed by atoms with Crippen molar-refractivity contribution in [2.24, 2.45) is 11.7 Å². The Labute approximate surface area is 211 Å². The van der Waals surface area contributed by atoms with Crippen LogP contribution in [0.2, 0.25) is 0 Å². The van der Waals surface area contributed by atoms with Crippen LogP contribution in [-0.2, 0) is 0 Å². The largest absolute Gasteiger partial charge is 0.325 e. The third-order valence-electron chi connectivity index (χ3n) is 7.86. The van der Waals surface area contributed by atoms with Gasteiger partial charge in [-0.25, -0.2) is 0 Å². The molecule has 0 fully saturated rings. The van der Waals surface area contributed by atoms with Gasteiger partial charge in [0.15, 0.2) is 0 Å². The van der Waals surface area contributed by atoms with Crippen molar-refractivity contribution in [2.75, 3.05) is 0 Å². The highest BCUT2D eigenvalue weighted by Gasteiger charge is 2.23. The van der Waals surface area contributed by atoms with E-state index in [1.807, 2.05) is 0 Å². The lowest BCUT2D eigenvalue weighted by molar-refractivity contribution is 0.267. The molecule has 0 unspecified atom stereocenters. The maximum Gasteiger partial charge on any atom is 0.0125 e. The number of hydrogen-bond donors (Lipinski definition) is 1. The summed E-state index contributed by atoms with van der Waals surface area (Å²) in [5.41, 5.74) is 6.55. The van der Waals surface area contributed by atoms with Crippen molar-refractivity contribution >= 4 is 0 Å². The van der Waals surface area contributed by atoms with Gasteiger partial charge in [-0.2, -0.15) is 0 Å². The smallest absolute Gasteiger partial charge is 0.0125 e. The molecule has 0 radical (unpaired) electrons. The summed E-state index contributed by atoms with van der Waals surface area (Å²) in [5.74, 6) is 0.712. The van der Waals surface area contributed by atoms with E-state index in [-0.39, 0.29) is 5.54 Å². The topological polar surface area (TPSA) is 26.0 Å². The van der Waals surface area contributed by atoms with Crippen LogP contribution in [0.15, 0.2) is 0 Å². The first-order chi connectivity index (χ1) is 16.0. The molecule has 0 spiro atoms. The molecular weight excluding hydrogens is 398 g/mol. The van der Waals surface area contributed by atoms with Gasteiger partial charge in [0.05, 0.1) is 0 Å². The second kappa shape index (κ2) is 25.1. The minimum absolute atomic E-state index is 0.00441. The van der Waals surface area contributed by atoms with Crippen molar-refractivity contribution in [3.05, 3.63) is 0 Å². The van der Waals surface area contributed by atoms with E-state index in [4.69, 9.17) is 5.73 Å². The SMILES string of the molecule is CCCCCCCCCCCCCCC(CCCCCCCCCCCCCC)C(C)(C)N. The van der Waals surface area contributed by atoms with Crippen LogP contribution in [0.5, 0.6) is 0 Å². The summed E-state index contributed by atoms with van der Waals surface area (Å²) in [4.78, 5) is 0. The molecule has 0 amide bonds. The lowest BCUT2D eigenvalue weighted by Gasteiger charge is -2.31. The molecule has 0 aliphatic carbocycles. The van der Waals surface area contributed by atoms with Crippen LogP contribution in [0, 0.1) is 5.92 Å². The maximum atomic E-state index is 6.56. The van der Waals surface area contributed by atoms with Gasteiger partial charge >= 0.3 is 0 Å². The monoisotopic (exact) mass is 466 g/mol. The van der Waals surface area contributed by atoms with E-state index < -0.39 is 0 Å². The second-order valence-corrected chi connectivity index (χ2v) is 11.9. The summed E-state index contributed by atoms with van der Waals surface area (Å²) in [6, 6.07) is 0. The van der Waals surface area contributed by atoms with Gasteiger partial charge in [0.1, 0.15) is 0 Å². The highest BCUT2D eigenvalue weighted by Crippen LogP contribution is 2.27. The molecule has 33 heavy (non-hydrogen) atoms. The van der Waals surface area contributed by atoms with E-state index in [2.05, 4.69) is 27.7 Å². The molecular formula is C32H67N. The Hall–Kier alpha value is -0.0400. The van der Waals surface area contributed by atoms with Crippen molar-refractivity contribution in [2.45, 2.75) is 200 Å². The first kappa shape index (κ1) is 33.0. The minimum Gasteiger partial charge on any atom is -0.325 e. The molecule has 0 atom stereocenters. The Morgan fingerprint density at radius 3 is 0.818 bits per heavy atom. The molecule has 0 saturated carbocycles. The number of rotatable bonds is 27. The molecule has 0 aliphatic rings. The quantitative estimate of drug-likeness (QED) is 0.120. The lowest BCUT2D eigenvalue weighted by atomic mass is 9.80. The van der Waals surface area contributed by atoms with E-state index in [0.29, 0.717) is 5.92 Å². The molecule has 0 aromatic rings. The van der Waals surface area contributed by atoms with Gasteiger partial charge in [0.25, 0.3) is 0 Å². The lowest BCUT2D eigenvalue weighted by Crippen LogP contribution is -2.40. The zero-order valence-electron chi connectivity index (χ0n) is 24.0. The summed E-state index contributed by atoms with van der Waals surface area (Å²) in [7, 11) is 0. The van der Waals surface area contributed by atoms with E-state index in [9.17, 15) is 0 Å². The van der Waals surface area contributed by atoms with E-state index >= 15 is 0 Å². The molecule has 0 rings (SSSR count). The molecule has 0 aromatic carbocycles. The van der Waals surface area contributed by atoms with Crippen molar-refractivity contribution < 1.29 is 0 Å². The third-order valence-corrected chi connectivity index (χ3v) is 7.86. The fraction of sp³-hybridized carbons (Fsp3) is 1.00. The van der Waals surface area contributed by atoms with Gasteiger partial charge in [-0.05, 0) is 32.6 Å². The summed E-state index contributed by atoms with van der Waals surface area (Å²) in [6.07, 6.45) is 37.2.